The monoisotopic (exact) mass is 415 g/mol. The summed E-state index contributed by atoms with van der Waals surface area (Å²) in [5.74, 6) is 0.528. The molecule has 0 fully saturated rings. The van der Waals surface area contributed by atoms with E-state index in [-0.39, 0.29) is 16.8 Å². The van der Waals surface area contributed by atoms with Crippen molar-refractivity contribution in [3.05, 3.63) is 59.2 Å². The fourth-order valence-corrected chi connectivity index (χ4v) is 4.33. The zero-order valence-electron chi connectivity index (χ0n) is 17.3. The van der Waals surface area contributed by atoms with E-state index in [1.807, 2.05) is 13.0 Å². The van der Waals surface area contributed by atoms with Gasteiger partial charge in [-0.05, 0) is 80.0 Å². The second-order valence-corrected chi connectivity index (χ2v) is 9.72. The SMILES string of the molecule is CC[C@@H](NC(=O)[C@@H](C)Oc1ccc2c(c1)CCCC2)c1ccc(S(C)(=O)=O)cc1. The predicted octanol–water partition coefficient (Wildman–Crippen LogP) is 4.00. The molecule has 0 heterocycles. The topological polar surface area (TPSA) is 72.5 Å². The molecule has 1 aliphatic rings. The Bertz CT molecular complexity index is 967. The Balaban J connectivity index is 1.64. The van der Waals surface area contributed by atoms with Crippen LogP contribution in [0.25, 0.3) is 0 Å². The van der Waals surface area contributed by atoms with Crippen molar-refractivity contribution in [2.75, 3.05) is 6.26 Å². The average molecular weight is 416 g/mol. The molecule has 6 heteroatoms. The molecular formula is C23H29NO4S. The molecule has 0 unspecified atom stereocenters. The Morgan fingerprint density at radius 1 is 1.07 bits per heavy atom. The quantitative estimate of drug-likeness (QED) is 0.742. The van der Waals surface area contributed by atoms with Crippen molar-refractivity contribution in [2.24, 2.45) is 0 Å². The lowest BCUT2D eigenvalue weighted by Gasteiger charge is -2.22. The van der Waals surface area contributed by atoms with Crippen LogP contribution in [0, 0.1) is 0 Å². The van der Waals surface area contributed by atoms with Crippen LogP contribution in [0.5, 0.6) is 5.75 Å². The highest BCUT2D eigenvalue weighted by molar-refractivity contribution is 7.90. The van der Waals surface area contributed by atoms with Gasteiger partial charge in [-0.1, -0.05) is 25.1 Å². The summed E-state index contributed by atoms with van der Waals surface area (Å²) in [6, 6.07) is 12.5. The highest BCUT2D eigenvalue weighted by Crippen LogP contribution is 2.26. The molecule has 1 aliphatic carbocycles. The molecule has 156 valence electrons. The Labute approximate surface area is 173 Å². The number of carbonyl (C=O) groups excluding carboxylic acids is 1. The zero-order valence-corrected chi connectivity index (χ0v) is 18.1. The lowest BCUT2D eigenvalue weighted by molar-refractivity contribution is -0.128. The van der Waals surface area contributed by atoms with Crippen LogP contribution in [0.3, 0.4) is 0 Å². The van der Waals surface area contributed by atoms with Crippen molar-refractivity contribution in [3.63, 3.8) is 0 Å². The van der Waals surface area contributed by atoms with Crippen LogP contribution in [0.4, 0.5) is 0 Å². The largest absolute Gasteiger partial charge is 0.481 e. The van der Waals surface area contributed by atoms with Crippen molar-refractivity contribution in [2.45, 2.75) is 63.0 Å². The van der Waals surface area contributed by atoms with E-state index in [4.69, 9.17) is 4.74 Å². The van der Waals surface area contributed by atoms with E-state index in [2.05, 4.69) is 17.4 Å². The maximum absolute atomic E-state index is 12.7. The molecule has 5 nitrogen and oxygen atoms in total. The standard InChI is InChI=1S/C23H29NO4S/c1-4-22(18-10-13-21(14-11-18)29(3,26)27)24-23(25)16(2)28-20-12-9-17-7-5-6-8-19(17)15-20/h9-16,22H,4-8H2,1-3H3,(H,24,25)/t16-,22-/m1/s1. The first-order valence-corrected chi connectivity index (χ1v) is 12.1. The lowest BCUT2D eigenvalue weighted by Crippen LogP contribution is -2.38. The Morgan fingerprint density at radius 3 is 2.34 bits per heavy atom. The van der Waals surface area contributed by atoms with Gasteiger partial charge in [0.25, 0.3) is 5.91 Å². The second kappa shape index (κ2) is 8.99. The van der Waals surface area contributed by atoms with Crippen molar-refractivity contribution >= 4 is 15.7 Å². The van der Waals surface area contributed by atoms with Gasteiger partial charge in [0.2, 0.25) is 0 Å². The number of hydrogen-bond donors (Lipinski definition) is 1. The van der Waals surface area contributed by atoms with E-state index in [9.17, 15) is 13.2 Å². The minimum Gasteiger partial charge on any atom is -0.481 e. The number of benzene rings is 2. The third-order valence-electron chi connectivity index (χ3n) is 5.44. The van der Waals surface area contributed by atoms with Crippen LogP contribution in [0.15, 0.2) is 47.4 Å². The maximum atomic E-state index is 12.7. The molecule has 0 bridgehead atoms. The third-order valence-corrected chi connectivity index (χ3v) is 6.57. The van der Waals surface area contributed by atoms with E-state index in [1.54, 1.807) is 31.2 Å². The summed E-state index contributed by atoms with van der Waals surface area (Å²) in [5.41, 5.74) is 3.57. The predicted molar refractivity (Wildman–Crippen MR) is 114 cm³/mol. The highest BCUT2D eigenvalue weighted by atomic mass is 32.2. The molecule has 3 rings (SSSR count). The molecule has 0 aliphatic heterocycles. The zero-order chi connectivity index (χ0) is 21.0. The number of rotatable bonds is 7. The molecule has 1 amide bonds. The van der Waals surface area contributed by atoms with Gasteiger partial charge in [-0.3, -0.25) is 4.79 Å². The van der Waals surface area contributed by atoms with Gasteiger partial charge < -0.3 is 10.1 Å². The van der Waals surface area contributed by atoms with Crippen molar-refractivity contribution < 1.29 is 17.9 Å². The van der Waals surface area contributed by atoms with Gasteiger partial charge in [0, 0.05) is 6.26 Å². The molecule has 2 aromatic carbocycles. The summed E-state index contributed by atoms with van der Waals surface area (Å²) in [7, 11) is -3.24. The average Bonchev–Trinajstić information content (AvgIpc) is 2.71. The molecule has 29 heavy (non-hydrogen) atoms. The minimum atomic E-state index is -3.24. The number of sulfone groups is 1. The summed E-state index contributed by atoms with van der Waals surface area (Å²) in [6.07, 6.45) is 5.85. The molecular weight excluding hydrogens is 386 g/mol. The summed E-state index contributed by atoms with van der Waals surface area (Å²) in [4.78, 5) is 12.9. The van der Waals surface area contributed by atoms with E-state index < -0.39 is 15.9 Å². The van der Waals surface area contributed by atoms with Gasteiger partial charge in [-0.25, -0.2) is 8.42 Å². The van der Waals surface area contributed by atoms with E-state index >= 15 is 0 Å². The summed E-state index contributed by atoms with van der Waals surface area (Å²) in [5, 5.41) is 3.01. The number of fused-ring (bicyclic) bond motifs is 1. The number of aryl methyl sites for hydroxylation is 2. The highest BCUT2D eigenvalue weighted by Gasteiger charge is 2.20. The smallest absolute Gasteiger partial charge is 0.261 e. The molecule has 0 saturated heterocycles. The van der Waals surface area contributed by atoms with Crippen LogP contribution >= 0.6 is 0 Å². The number of nitrogens with one attached hydrogen (secondary N) is 1. The molecule has 0 saturated carbocycles. The van der Waals surface area contributed by atoms with Crippen LogP contribution in [-0.4, -0.2) is 26.7 Å². The Hall–Kier alpha value is -2.34. The molecule has 2 atom stereocenters. The van der Waals surface area contributed by atoms with Crippen LogP contribution in [0.1, 0.15) is 55.8 Å². The van der Waals surface area contributed by atoms with Crippen molar-refractivity contribution in [1.82, 2.24) is 5.32 Å². The summed E-state index contributed by atoms with van der Waals surface area (Å²) in [6.45, 7) is 3.72. The molecule has 1 N–H and O–H groups in total. The van der Waals surface area contributed by atoms with Crippen LogP contribution in [0.2, 0.25) is 0 Å². The number of hydrogen-bond acceptors (Lipinski definition) is 4. The molecule has 0 radical (unpaired) electrons. The minimum absolute atomic E-state index is 0.193. The van der Waals surface area contributed by atoms with E-state index in [0.717, 1.165) is 24.2 Å². The molecule has 2 aromatic rings. The van der Waals surface area contributed by atoms with Crippen molar-refractivity contribution in [3.8, 4) is 5.75 Å². The van der Waals surface area contributed by atoms with Gasteiger partial charge in [0.15, 0.2) is 15.9 Å². The molecule has 0 spiro atoms. The number of carbonyl (C=O) groups is 1. The Kier molecular flexibility index (Phi) is 6.63. The van der Waals surface area contributed by atoms with Crippen LogP contribution < -0.4 is 10.1 Å². The van der Waals surface area contributed by atoms with Gasteiger partial charge in [0.05, 0.1) is 10.9 Å². The van der Waals surface area contributed by atoms with Gasteiger partial charge >= 0.3 is 0 Å². The van der Waals surface area contributed by atoms with E-state index in [0.29, 0.717) is 6.42 Å². The lowest BCUT2D eigenvalue weighted by atomic mass is 9.92. The van der Waals surface area contributed by atoms with Gasteiger partial charge in [-0.2, -0.15) is 0 Å². The van der Waals surface area contributed by atoms with Crippen molar-refractivity contribution in [1.29, 1.82) is 0 Å². The van der Waals surface area contributed by atoms with Gasteiger partial charge in [0.1, 0.15) is 5.75 Å². The first kappa shape index (κ1) is 21.4. The fraction of sp³-hybridized carbons (Fsp3) is 0.435. The number of ether oxygens (including phenoxy) is 1. The second-order valence-electron chi connectivity index (χ2n) is 7.71. The third kappa shape index (κ3) is 5.38. The first-order valence-electron chi connectivity index (χ1n) is 10.2. The summed E-state index contributed by atoms with van der Waals surface area (Å²) >= 11 is 0. The fourth-order valence-electron chi connectivity index (χ4n) is 3.70. The summed E-state index contributed by atoms with van der Waals surface area (Å²) < 4.78 is 29.2. The Morgan fingerprint density at radius 2 is 1.72 bits per heavy atom. The van der Waals surface area contributed by atoms with Gasteiger partial charge in [-0.15, -0.1) is 0 Å². The van der Waals surface area contributed by atoms with Crippen LogP contribution in [-0.2, 0) is 27.5 Å². The normalized spacial score (nSPS) is 15.8. The first-order chi connectivity index (χ1) is 13.8. The van der Waals surface area contributed by atoms with E-state index in [1.165, 1.54) is 30.2 Å². The molecule has 0 aromatic heterocycles. The number of amides is 1. The maximum Gasteiger partial charge on any atom is 0.261 e.